The standard InChI is InChI=1S/C33H31F2N5O7/c1-17(2)44-33(42)20-9-11-23(25(16-20)43-4)46-28-26(34)31(45-21-7-5-6-19(14-21)30-38-12-13-40(30)3)39-32(27(28)35)47-24-15-18(29(36)37)8-10-22(24)41/h5-11,14-17,41H,12-13H2,1-4H3,(H3,36,37). The SMILES string of the molecule is COc1cc(C(=O)OC(C)C)ccc1Oc1c(F)c(Oc2cccc(C3=NCCN3C)c2)nc(Oc2cc(C(=N)N)ccc2O)c1F. The zero-order valence-corrected chi connectivity index (χ0v) is 25.8. The van der Waals surface area contributed by atoms with Crippen LogP contribution in [-0.4, -0.2) is 66.0 Å². The number of pyridine rings is 1. The molecule has 4 aromatic rings. The summed E-state index contributed by atoms with van der Waals surface area (Å²) in [6.07, 6.45) is -0.385. The van der Waals surface area contributed by atoms with Gasteiger partial charge in [0.05, 0.1) is 25.3 Å². The number of nitrogens with two attached hydrogens (primary N) is 1. The lowest BCUT2D eigenvalue weighted by molar-refractivity contribution is 0.0377. The fraction of sp³-hybridized carbons (Fsp3) is 0.212. The van der Waals surface area contributed by atoms with Crippen LogP contribution >= 0.6 is 0 Å². The highest BCUT2D eigenvalue weighted by Crippen LogP contribution is 2.43. The van der Waals surface area contributed by atoms with Crippen molar-refractivity contribution in [1.29, 1.82) is 5.41 Å². The Morgan fingerprint density at radius 1 is 0.957 bits per heavy atom. The number of nitrogen functional groups attached to an aromatic ring is 1. The van der Waals surface area contributed by atoms with Crippen molar-refractivity contribution in [2.24, 2.45) is 10.7 Å². The van der Waals surface area contributed by atoms with Crippen LogP contribution in [0.25, 0.3) is 0 Å². The van der Waals surface area contributed by atoms with Crippen LogP contribution in [0.15, 0.2) is 65.7 Å². The van der Waals surface area contributed by atoms with Gasteiger partial charge in [0.25, 0.3) is 11.8 Å². The van der Waals surface area contributed by atoms with E-state index in [1.807, 2.05) is 18.0 Å². The average molecular weight is 648 g/mol. The van der Waals surface area contributed by atoms with Crippen LogP contribution in [0, 0.1) is 17.0 Å². The third-order valence-electron chi connectivity index (χ3n) is 6.77. The topological polar surface area (TPSA) is 162 Å². The molecule has 244 valence electrons. The van der Waals surface area contributed by atoms with E-state index in [-0.39, 0.29) is 46.1 Å². The van der Waals surface area contributed by atoms with Crippen molar-refractivity contribution in [2.75, 3.05) is 27.2 Å². The van der Waals surface area contributed by atoms with Crippen molar-refractivity contribution in [3.63, 3.8) is 0 Å². The molecule has 1 aromatic heterocycles. The first kappa shape index (κ1) is 32.5. The van der Waals surface area contributed by atoms with Gasteiger partial charge in [0, 0.05) is 24.7 Å². The van der Waals surface area contributed by atoms with E-state index in [2.05, 4.69) is 9.98 Å². The summed E-state index contributed by atoms with van der Waals surface area (Å²) in [4.78, 5) is 22.8. The Balaban J connectivity index is 1.58. The summed E-state index contributed by atoms with van der Waals surface area (Å²) < 4.78 is 59.7. The zero-order chi connectivity index (χ0) is 33.8. The molecule has 0 spiro atoms. The van der Waals surface area contributed by atoms with Gasteiger partial charge in [0.2, 0.25) is 17.4 Å². The maximum atomic E-state index is 16.1. The van der Waals surface area contributed by atoms with E-state index in [0.29, 0.717) is 17.9 Å². The Kier molecular flexibility index (Phi) is 9.40. The van der Waals surface area contributed by atoms with Gasteiger partial charge in [-0.1, -0.05) is 12.1 Å². The normalized spacial score (nSPS) is 12.5. The number of nitrogens with zero attached hydrogens (tertiary/aromatic N) is 3. The first-order chi connectivity index (χ1) is 22.4. The maximum absolute atomic E-state index is 16.1. The number of nitrogens with one attached hydrogen (secondary N) is 1. The lowest BCUT2D eigenvalue weighted by Crippen LogP contribution is -2.23. The molecule has 3 aromatic carbocycles. The second-order valence-corrected chi connectivity index (χ2v) is 10.6. The molecule has 0 unspecified atom stereocenters. The smallest absolute Gasteiger partial charge is 0.338 e. The summed E-state index contributed by atoms with van der Waals surface area (Å²) in [7, 11) is 3.17. The number of phenolic OH excluding ortho intramolecular Hbond substituents is 1. The molecular weight excluding hydrogens is 616 g/mol. The van der Waals surface area contributed by atoms with Crippen LogP contribution in [0.3, 0.4) is 0 Å². The Labute approximate surface area is 268 Å². The van der Waals surface area contributed by atoms with Crippen LogP contribution in [0.2, 0.25) is 0 Å². The number of hydrogen-bond donors (Lipinski definition) is 3. The maximum Gasteiger partial charge on any atom is 0.338 e. The second kappa shape index (κ2) is 13.6. The minimum atomic E-state index is -1.40. The third kappa shape index (κ3) is 7.16. The van der Waals surface area contributed by atoms with Gasteiger partial charge in [-0.25, -0.2) is 4.79 Å². The van der Waals surface area contributed by atoms with E-state index >= 15 is 8.78 Å². The summed E-state index contributed by atoms with van der Waals surface area (Å²) in [5.74, 6) is -6.38. The molecule has 0 radical (unpaired) electrons. The molecule has 0 fully saturated rings. The lowest BCUT2D eigenvalue weighted by atomic mass is 10.2. The van der Waals surface area contributed by atoms with Crippen molar-refractivity contribution in [3.8, 4) is 46.3 Å². The van der Waals surface area contributed by atoms with Gasteiger partial charge in [-0.2, -0.15) is 13.8 Å². The Bertz CT molecular complexity index is 1880. The number of benzene rings is 3. The molecule has 47 heavy (non-hydrogen) atoms. The number of rotatable bonds is 11. The number of phenols is 1. The molecular formula is C33H31F2N5O7. The van der Waals surface area contributed by atoms with Gasteiger partial charge in [-0.3, -0.25) is 10.4 Å². The van der Waals surface area contributed by atoms with Gasteiger partial charge in [-0.05, 0) is 62.4 Å². The largest absolute Gasteiger partial charge is 0.504 e. The zero-order valence-electron chi connectivity index (χ0n) is 25.8. The van der Waals surface area contributed by atoms with E-state index in [9.17, 15) is 9.90 Å². The first-order valence-corrected chi connectivity index (χ1v) is 14.3. The monoisotopic (exact) mass is 647 g/mol. The molecule has 0 aliphatic carbocycles. The minimum Gasteiger partial charge on any atom is -0.504 e. The fourth-order valence-electron chi connectivity index (χ4n) is 4.50. The number of amidine groups is 2. The van der Waals surface area contributed by atoms with Gasteiger partial charge in [0.1, 0.15) is 17.4 Å². The van der Waals surface area contributed by atoms with Gasteiger partial charge in [0.15, 0.2) is 23.0 Å². The second-order valence-electron chi connectivity index (χ2n) is 10.6. The van der Waals surface area contributed by atoms with Crippen molar-refractivity contribution >= 4 is 17.6 Å². The molecule has 12 nitrogen and oxygen atoms in total. The predicted octanol–water partition coefficient (Wildman–Crippen LogP) is 5.99. The van der Waals surface area contributed by atoms with Gasteiger partial charge >= 0.3 is 5.97 Å². The third-order valence-corrected chi connectivity index (χ3v) is 6.77. The Morgan fingerprint density at radius 2 is 1.66 bits per heavy atom. The van der Waals surface area contributed by atoms with Crippen LogP contribution < -0.4 is 24.7 Å². The number of aliphatic imine (C=N–C) groups is 1. The summed E-state index contributed by atoms with van der Waals surface area (Å²) in [5, 5.41) is 18.1. The fourth-order valence-corrected chi connectivity index (χ4v) is 4.50. The van der Waals surface area contributed by atoms with Crippen molar-refractivity contribution in [3.05, 3.63) is 89.0 Å². The van der Waals surface area contributed by atoms with Crippen LogP contribution in [0.5, 0.6) is 46.3 Å². The summed E-state index contributed by atoms with van der Waals surface area (Å²) in [6.45, 7) is 4.73. The number of carbonyl (C=O) groups is 1. The van der Waals surface area contributed by atoms with Crippen LogP contribution in [0.4, 0.5) is 8.78 Å². The molecule has 2 heterocycles. The molecule has 0 saturated heterocycles. The summed E-state index contributed by atoms with van der Waals surface area (Å²) in [6, 6.07) is 14.3. The molecule has 0 amide bonds. The van der Waals surface area contributed by atoms with E-state index in [0.717, 1.165) is 6.54 Å². The first-order valence-electron chi connectivity index (χ1n) is 14.3. The predicted molar refractivity (Wildman–Crippen MR) is 168 cm³/mol. The van der Waals surface area contributed by atoms with Crippen molar-refractivity contribution in [1.82, 2.24) is 9.88 Å². The molecule has 1 aliphatic heterocycles. The molecule has 0 atom stereocenters. The highest BCUT2D eigenvalue weighted by atomic mass is 19.1. The van der Waals surface area contributed by atoms with Crippen LogP contribution in [-0.2, 0) is 4.74 Å². The quantitative estimate of drug-likeness (QED) is 0.100. The number of carbonyl (C=O) groups excluding carboxylic acids is 1. The van der Waals surface area contributed by atoms with Crippen LogP contribution in [0.1, 0.15) is 35.3 Å². The number of aromatic nitrogens is 1. The lowest BCUT2D eigenvalue weighted by Gasteiger charge is -2.17. The van der Waals surface area contributed by atoms with Gasteiger partial charge in [-0.15, -0.1) is 0 Å². The van der Waals surface area contributed by atoms with E-state index in [1.165, 1.54) is 43.5 Å². The number of likely N-dealkylation sites (N-methyl/N-ethyl adjacent to an activating group) is 1. The van der Waals surface area contributed by atoms with E-state index in [4.69, 9.17) is 34.8 Å². The highest BCUT2D eigenvalue weighted by Gasteiger charge is 2.28. The molecule has 0 bridgehead atoms. The number of aromatic hydroxyl groups is 1. The van der Waals surface area contributed by atoms with Crippen molar-refractivity contribution < 1.29 is 42.4 Å². The average Bonchev–Trinajstić information content (AvgIpc) is 3.48. The number of ether oxygens (including phenoxy) is 5. The molecule has 5 rings (SSSR count). The number of esters is 1. The van der Waals surface area contributed by atoms with E-state index < -0.39 is 40.9 Å². The van der Waals surface area contributed by atoms with E-state index in [1.54, 1.807) is 32.0 Å². The summed E-state index contributed by atoms with van der Waals surface area (Å²) >= 11 is 0. The number of methoxy groups -OCH3 is 1. The Hall–Kier alpha value is -5.92. The molecule has 14 heteroatoms. The minimum absolute atomic E-state index is 0.0373. The summed E-state index contributed by atoms with van der Waals surface area (Å²) in [5.41, 5.74) is 6.53. The number of hydrogen-bond acceptors (Lipinski definition) is 11. The van der Waals surface area contributed by atoms with Crippen molar-refractivity contribution in [2.45, 2.75) is 20.0 Å². The number of halogens is 2. The molecule has 0 saturated carbocycles. The Morgan fingerprint density at radius 3 is 2.32 bits per heavy atom. The van der Waals surface area contributed by atoms with Gasteiger partial charge < -0.3 is 39.4 Å². The molecule has 1 aliphatic rings. The molecule has 4 N–H and O–H groups in total. The highest BCUT2D eigenvalue weighted by molar-refractivity contribution is 6.00.